The van der Waals surface area contributed by atoms with Gasteiger partial charge in [0.25, 0.3) is 5.56 Å². The van der Waals surface area contributed by atoms with Crippen molar-refractivity contribution in [2.75, 3.05) is 6.61 Å². The molecule has 166 valence electrons. The van der Waals surface area contributed by atoms with Crippen LogP contribution in [0, 0.1) is 5.82 Å². The monoisotopic (exact) mass is 463 g/mol. The lowest BCUT2D eigenvalue weighted by Gasteiger charge is -2.15. The molecule has 0 saturated heterocycles. The Morgan fingerprint density at radius 2 is 2.00 bits per heavy atom. The molecule has 0 fully saturated rings. The van der Waals surface area contributed by atoms with Crippen LogP contribution in [0.1, 0.15) is 24.6 Å². The lowest BCUT2D eigenvalue weighted by Crippen LogP contribution is -2.41. The Bertz CT molecular complexity index is 1200. The van der Waals surface area contributed by atoms with Crippen molar-refractivity contribution in [2.45, 2.75) is 25.6 Å². The zero-order valence-electron chi connectivity index (χ0n) is 16.0. The summed E-state index contributed by atoms with van der Waals surface area (Å²) >= 11 is 6.04. The standard InChI is InChI=1S/C18H14ClF4N3O5/c1-3-30-16(28)13-6-11(24-31-13)8-4-12(10(20)5-9(8)19)26-15(27)7-14(18(21,22)23)25(2)17(26)29/h4-5,7,13H,3,6H2,1-2H3. The van der Waals surface area contributed by atoms with Crippen LogP contribution in [-0.4, -0.2) is 33.5 Å². The molecular formula is C18H14ClF4N3O5. The molecule has 2 heterocycles. The van der Waals surface area contributed by atoms with Crippen molar-refractivity contribution < 1.29 is 31.9 Å². The number of hydrogen-bond acceptors (Lipinski definition) is 6. The van der Waals surface area contributed by atoms with E-state index in [2.05, 4.69) is 5.16 Å². The third kappa shape index (κ3) is 4.20. The zero-order chi connectivity index (χ0) is 23.1. The Morgan fingerprint density at radius 3 is 2.61 bits per heavy atom. The van der Waals surface area contributed by atoms with Gasteiger partial charge < -0.3 is 9.57 Å². The van der Waals surface area contributed by atoms with Gasteiger partial charge >= 0.3 is 17.8 Å². The number of benzene rings is 1. The summed E-state index contributed by atoms with van der Waals surface area (Å²) in [5.74, 6) is -1.82. The number of carbonyl (C=O) groups is 1. The Morgan fingerprint density at radius 1 is 1.32 bits per heavy atom. The molecule has 1 aromatic heterocycles. The second-order valence-corrected chi connectivity index (χ2v) is 6.82. The number of ether oxygens (including phenoxy) is 1. The molecular weight excluding hydrogens is 450 g/mol. The largest absolute Gasteiger partial charge is 0.463 e. The molecule has 1 aliphatic heterocycles. The molecule has 1 aromatic carbocycles. The van der Waals surface area contributed by atoms with Crippen LogP contribution in [0.2, 0.25) is 5.02 Å². The zero-order valence-corrected chi connectivity index (χ0v) is 16.8. The van der Waals surface area contributed by atoms with Crippen molar-refractivity contribution in [1.82, 2.24) is 9.13 Å². The van der Waals surface area contributed by atoms with Crippen LogP contribution in [0.3, 0.4) is 0 Å². The lowest BCUT2D eigenvalue weighted by molar-refractivity contribution is -0.154. The highest BCUT2D eigenvalue weighted by Crippen LogP contribution is 2.29. The molecule has 1 unspecified atom stereocenters. The Kier molecular flexibility index (Phi) is 5.94. The molecule has 0 spiro atoms. The molecule has 8 nitrogen and oxygen atoms in total. The highest BCUT2D eigenvalue weighted by molar-refractivity contribution is 6.34. The van der Waals surface area contributed by atoms with Gasteiger partial charge in [0.1, 0.15) is 11.5 Å². The number of alkyl halides is 3. The minimum absolute atomic E-state index is 0.0266. The molecule has 0 amide bonds. The quantitative estimate of drug-likeness (QED) is 0.513. The van der Waals surface area contributed by atoms with Crippen molar-refractivity contribution in [3.05, 3.63) is 61.1 Å². The van der Waals surface area contributed by atoms with E-state index in [0.717, 1.165) is 19.2 Å². The fourth-order valence-corrected chi connectivity index (χ4v) is 3.21. The SMILES string of the molecule is CCOC(=O)C1CC(c2cc(-n3c(=O)cc(C(F)(F)F)n(C)c3=O)c(F)cc2Cl)=NO1. The van der Waals surface area contributed by atoms with Gasteiger partial charge in [-0.2, -0.15) is 13.2 Å². The maximum absolute atomic E-state index is 14.6. The van der Waals surface area contributed by atoms with Crippen molar-refractivity contribution in [3.63, 3.8) is 0 Å². The Hall–Kier alpha value is -3.15. The van der Waals surface area contributed by atoms with E-state index in [1.807, 2.05) is 0 Å². The van der Waals surface area contributed by atoms with E-state index >= 15 is 0 Å². The minimum Gasteiger partial charge on any atom is -0.463 e. The second kappa shape index (κ2) is 8.17. The molecule has 2 aromatic rings. The van der Waals surface area contributed by atoms with Crippen molar-refractivity contribution in [2.24, 2.45) is 12.2 Å². The number of aromatic nitrogens is 2. The van der Waals surface area contributed by atoms with E-state index in [-0.39, 0.29) is 44.5 Å². The van der Waals surface area contributed by atoms with Crippen LogP contribution in [-0.2, 0) is 27.6 Å². The van der Waals surface area contributed by atoms with Crippen LogP contribution in [0.15, 0.2) is 32.9 Å². The lowest BCUT2D eigenvalue weighted by atomic mass is 10.0. The first-order valence-corrected chi connectivity index (χ1v) is 9.12. The first-order valence-electron chi connectivity index (χ1n) is 8.75. The number of halogens is 5. The molecule has 0 N–H and O–H groups in total. The summed E-state index contributed by atoms with van der Waals surface area (Å²) in [7, 11) is 0.800. The number of rotatable bonds is 4. The molecule has 0 saturated carbocycles. The predicted octanol–water partition coefficient (Wildman–Crippen LogP) is 2.40. The van der Waals surface area contributed by atoms with Crippen LogP contribution in [0.25, 0.3) is 5.69 Å². The van der Waals surface area contributed by atoms with Gasteiger partial charge in [-0.05, 0) is 19.1 Å². The molecule has 13 heteroatoms. The number of hydrogen-bond donors (Lipinski definition) is 0. The maximum atomic E-state index is 14.6. The Balaban J connectivity index is 2.10. The van der Waals surface area contributed by atoms with E-state index in [1.165, 1.54) is 0 Å². The molecule has 31 heavy (non-hydrogen) atoms. The smallest absolute Gasteiger partial charge is 0.431 e. The van der Waals surface area contributed by atoms with E-state index < -0.39 is 46.7 Å². The van der Waals surface area contributed by atoms with E-state index in [0.29, 0.717) is 0 Å². The summed E-state index contributed by atoms with van der Waals surface area (Å²) in [5, 5.41) is 3.54. The van der Waals surface area contributed by atoms with Crippen LogP contribution >= 0.6 is 11.6 Å². The Labute approximate surface area is 176 Å². The summed E-state index contributed by atoms with van der Waals surface area (Å²) in [6, 6.07) is 1.93. The van der Waals surface area contributed by atoms with Gasteiger partial charge in [0, 0.05) is 25.1 Å². The minimum atomic E-state index is -4.96. The highest BCUT2D eigenvalue weighted by Gasteiger charge is 2.36. The van der Waals surface area contributed by atoms with E-state index in [9.17, 15) is 31.9 Å². The maximum Gasteiger partial charge on any atom is 0.431 e. The molecule has 3 rings (SSSR count). The summed E-state index contributed by atoms with van der Waals surface area (Å²) in [5.41, 5.74) is -4.81. The third-order valence-electron chi connectivity index (χ3n) is 4.42. The predicted molar refractivity (Wildman–Crippen MR) is 99.9 cm³/mol. The molecule has 0 aliphatic carbocycles. The molecule has 1 atom stereocenters. The van der Waals surface area contributed by atoms with Crippen LogP contribution in [0.4, 0.5) is 17.6 Å². The number of esters is 1. The van der Waals surface area contributed by atoms with Gasteiger partial charge in [-0.25, -0.2) is 18.5 Å². The van der Waals surface area contributed by atoms with Gasteiger partial charge in [-0.15, -0.1) is 0 Å². The number of nitrogens with zero attached hydrogens (tertiary/aromatic N) is 3. The average Bonchev–Trinajstić information content (AvgIpc) is 3.15. The first-order chi connectivity index (χ1) is 14.5. The van der Waals surface area contributed by atoms with Crippen LogP contribution in [0.5, 0.6) is 0 Å². The topological polar surface area (TPSA) is 91.9 Å². The second-order valence-electron chi connectivity index (χ2n) is 6.41. The fraction of sp³-hybridized carbons (Fsp3) is 0.333. The first kappa shape index (κ1) is 22.5. The normalized spacial score (nSPS) is 16.1. The van der Waals surface area contributed by atoms with Crippen LogP contribution < -0.4 is 11.2 Å². The average molecular weight is 464 g/mol. The third-order valence-corrected chi connectivity index (χ3v) is 4.73. The summed E-state index contributed by atoms with van der Waals surface area (Å²) in [6.07, 6.45) is -6.13. The number of carbonyl (C=O) groups excluding carboxylic acids is 1. The van der Waals surface area contributed by atoms with E-state index in [4.69, 9.17) is 21.2 Å². The summed E-state index contributed by atoms with van der Waals surface area (Å²) in [4.78, 5) is 41.5. The molecule has 1 aliphatic rings. The van der Waals surface area contributed by atoms with E-state index in [1.54, 1.807) is 6.92 Å². The number of oxime groups is 1. The fourth-order valence-electron chi connectivity index (χ4n) is 2.95. The molecule has 0 radical (unpaired) electrons. The van der Waals surface area contributed by atoms with Crippen molar-refractivity contribution >= 4 is 23.3 Å². The van der Waals surface area contributed by atoms with Gasteiger partial charge in [0.15, 0.2) is 0 Å². The summed E-state index contributed by atoms with van der Waals surface area (Å²) in [6.45, 7) is 1.70. The van der Waals surface area contributed by atoms with Crippen molar-refractivity contribution in [3.8, 4) is 5.69 Å². The van der Waals surface area contributed by atoms with Gasteiger partial charge in [0.05, 0.1) is 23.0 Å². The van der Waals surface area contributed by atoms with Gasteiger partial charge in [-0.1, -0.05) is 16.8 Å². The highest BCUT2D eigenvalue weighted by atomic mass is 35.5. The molecule has 0 bridgehead atoms. The van der Waals surface area contributed by atoms with Gasteiger partial charge in [0.2, 0.25) is 6.10 Å². The van der Waals surface area contributed by atoms with Crippen molar-refractivity contribution in [1.29, 1.82) is 0 Å². The van der Waals surface area contributed by atoms with Gasteiger partial charge in [-0.3, -0.25) is 9.36 Å². The summed E-state index contributed by atoms with van der Waals surface area (Å²) < 4.78 is 58.9.